The number of aromatic amines is 1. The molecule has 0 aliphatic heterocycles. The molecule has 3 aromatic heterocycles. The van der Waals surface area contributed by atoms with Crippen molar-refractivity contribution in [2.45, 2.75) is 19.6 Å². The lowest BCUT2D eigenvalue weighted by Crippen LogP contribution is -2.26. The van der Waals surface area contributed by atoms with Crippen LogP contribution in [0, 0.1) is 5.82 Å². The molecule has 4 rings (SSSR count). The Bertz CT molecular complexity index is 1380. The van der Waals surface area contributed by atoms with E-state index in [-0.39, 0.29) is 27.8 Å². The van der Waals surface area contributed by atoms with Gasteiger partial charge in [0.1, 0.15) is 17.9 Å². The second kappa shape index (κ2) is 8.64. The van der Waals surface area contributed by atoms with Gasteiger partial charge in [0.25, 0.3) is 0 Å². The predicted molar refractivity (Wildman–Crippen MR) is 115 cm³/mol. The lowest BCUT2D eigenvalue weighted by atomic mass is 10.1. The number of nitrogens with zero attached hydrogens (tertiary/aromatic N) is 4. The van der Waals surface area contributed by atoms with Crippen LogP contribution in [0.1, 0.15) is 18.6 Å². The summed E-state index contributed by atoms with van der Waals surface area (Å²) in [5.41, 5.74) is 1.53. The van der Waals surface area contributed by atoms with Gasteiger partial charge in [0.2, 0.25) is 0 Å². The van der Waals surface area contributed by atoms with Gasteiger partial charge in [0, 0.05) is 34.1 Å². The number of imidazole rings is 1. The van der Waals surface area contributed by atoms with E-state index in [1.54, 1.807) is 31.6 Å². The van der Waals surface area contributed by atoms with Gasteiger partial charge < -0.3 is 9.57 Å². The van der Waals surface area contributed by atoms with Gasteiger partial charge in [0.05, 0.1) is 18.3 Å². The van der Waals surface area contributed by atoms with Crippen molar-refractivity contribution in [2.75, 3.05) is 7.11 Å². The largest absolute Gasteiger partial charge is 0.468 e. The van der Waals surface area contributed by atoms with E-state index in [0.29, 0.717) is 16.6 Å². The summed E-state index contributed by atoms with van der Waals surface area (Å²) in [7, 11) is 1.29. The highest BCUT2D eigenvalue weighted by Gasteiger charge is 2.21. The number of pyridine rings is 1. The summed E-state index contributed by atoms with van der Waals surface area (Å²) in [4.78, 5) is 36.6. The molecular formula is C20H16Cl2FN5O4. The van der Waals surface area contributed by atoms with Crippen LogP contribution in [-0.4, -0.2) is 37.6 Å². The molecule has 4 aromatic rings. The Morgan fingerprint density at radius 2 is 2.06 bits per heavy atom. The predicted octanol–water partition coefficient (Wildman–Crippen LogP) is 3.40. The van der Waals surface area contributed by atoms with Crippen molar-refractivity contribution in [1.29, 1.82) is 0 Å². The van der Waals surface area contributed by atoms with Gasteiger partial charge in [-0.3, -0.25) is 14.5 Å². The minimum atomic E-state index is -0.853. The van der Waals surface area contributed by atoms with Crippen LogP contribution in [0.15, 0.2) is 41.6 Å². The second-order valence-electron chi connectivity index (χ2n) is 6.82. The maximum absolute atomic E-state index is 13.9. The molecule has 0 fully saturated rings. The normalized spacial score (nSPS) is 12.2. The van der Waals surface area contributed by atoms with Crippen molar-refractivity contribution in [3.05, 3.63) is 68.7 Å². The number of carbonyl (C=O) groups excluding carboxylic acids is 1. The van der Waals surface area contributed by atoms with E-state index in [9.17, 15) is 14.0 Å². The van der Waals surface area contributed by atoms with Crippen LogP contribution in [0.5, 0.6) is 0 Å². The van der Waals surface area contributed by atoms with Crippen LogP contribution in [0.25, 0.3) is 22.3 Å². The van der Waals surface area contributed by atoms with Gasteiger partial charge in [0.15, 0.2) is 11.8 Å². The number of halogens is 3. The van der Waals surface area contributed by atoms with Gasteiger partial charge in [-0.25, -0.2) is 14.2 Å². The molecule has 32 heavy (non-hydrogen) atoms. The number of H-pyrrole nitrogens is 1. The Kier molecular flexibility index (Phi) is 5.90. The topological polar surface area (TPSA) is 104 Å². The summed E-state index contributed by atoms with van der Waals surface area (Å²) in [6.45, 7) is 1.54. The maximum atomic E-state index is 13.9. The molecule has 1 unspecified atom stereocenters. The highest BCUT2D eigenvalue weighted by Crippen LogP contribution is 2.33. The van der Waals surface area contributed by atoms with Crippen LogP contribution < -0.4 is 10.5 Å². The highest BCUT2D eigenvalue weighted by molar-refractivity contribution is 6.36. The number of carbonyl (C=O) groups is 1. The van der Waals surface area contributed by atoms with E-state index >= 15 is 0 Å². The number of methoxy groups -OCH3 is 1. The highest BCUT2D eigenvalue weighted by atomic mass is 35.5. The molecule has 3 heterocycles. The van der Waals surface area contributed by atoms with Gasteiger partial charge in [-0.05, 0) is 25.1 Å². The molecule has 166 valence electrons. The molecule has 9 nitrogen and oxygen atoms in total. The Balaban J connectivity index is 1.69. The fourth-order valence-corrected chi connectivity index (χ4v) is 3.83. The number of esters is 1. The molecule has 0 spiro atoms. The van der Waals surface area contributed by atoms with Crippen molar-refractivity contribution in [3.8, 4) is 11.1 Å². The van der Waals surface area contributed by atoms with Crippen molar-refractivity contribution in [3.63, 3.8) is 0 Å². The summed E-state index contributed by atoms with van der Waals surface area (Å²) < 4.78 is 21.0. The molecule has 1 atom stereocenters. The summed E-state index contributed by atoms with van der Waals surface area (Å²) in [6, 6.07) is 4.18. The average molecular weight is 480 g/mol. The number of benzene rings is 1. The number of aromatic nitrogens is 5. The minimum absolute atomic E-state index is 0.0448. The monoisotopic (exact) mass is 479 g/mol. The molecule has 0 saturated heterocycles. The van der Waals surface area contributed by atoms with Gasteiger partial charge in [-0.1, -0.05) is 23.2 Å². The Hall–Kier alpha value is -3.37. The maximum Gasteiger partial charge on any atom is 0.360 e. The first-order valence-corrected chi connectivity index (χ1v) is 10.0. The van der Waals surface area contributed by atoms with E-state index in [2.05, 4.69) is 19.8 Å². The van der Waals surface area contributed by atoms with Crippen LogP contribution >= 0.6 is 23.2 Å². The Morgan fingerprint density at radius 3 is 2.81 bits per heavy atom. The zero-order valence-corrected chi connectivity index (χ0v) is 18.3. The molecular weight excluding hydrogens is 464 g/mol. The first-order valence-electron chi connectivity index (χ1n) is 9.29. The fourth-order valence-electron chi connectivity index (χ4n) is 3.15. The third-order valence-electron chi connectivity index (χ3n) is 4.73. The first kappa shape index (κ1) is 21.8. The average Bonchev–Trinajstić information content (AvgIpc) is 3.35. The summed E-state index contributed by atoms with van der Waals surface area (Å²) in [6.07, 6.45) is 3.89. The molecule has 0 aliphatic rings. The number of rotatable bonds is 6. The van der Waals surface area contributed by atoms with Crippen molar-refractivity contribution < 1.29 is 18.8 Å². The lowest BCUT2D eigenvalue weighted by molar-refractivity contribution is -0.141. The van der Waals surface area contributed by atoms with Crippen LogP contribution in [0.4, 0.5) is 4.39 Å². The summed E-state index contributed by atoms with van der Waals surface area (Å²) in [5, 5.41) is 4.14. The van der Waals surface area contributed by atoms with E-state index in [0.717, 1.165) is 10.8 Å². The molecule has 0 saturated carbocycles. The van der Waals surface area contributed by atoms with Crippen molar-refractivity contribution in [1.82, 2.24) is 24.5 Å². The van der Waals surface area contributed by atoms with Crippen molar-refractivity contribution in [2.24, 2.45) is 0 Å². The van der Waals surface area contributed by atoms with E-state index in [4.69, 9.17) is 28.0 Å². The molecule has 0 amide bonds. The van der Waals surface area contributed by atoms with Crippen molar-refractivity contribution >= 4 is 40.3 Å². The van der Waals surface area contributed by atoms with E-state index in [1.165, 1.54) is 17.9 Å². The lowest BCUT2D eigenvalue weighted by Gasteiger charge is -2.17. The van der Waals surface area contributed by atoms with Crippen LogP contribution in [0.2, 0.25) is 10.0 Å². The SMILES string of the molecule is COC(=O)Cn1cc(-c2cnc3[nH]c(=O)n(OC(C)c4c(Cl)ccc(F)c4Cl)c3c2)cn1. The van der Waals surface area contributed by atoms with E-state index in [1.807, 2.05) is 0 Å². The molecule has 0 bridgehead atoms. The molecule has 12 heteroatoms. The summed E-state index contributed by atoms with van der Waals surface area (Å²) >= 11 is 12.2. The number of hydrogen-bond donors (Lipinski definition) is 1. The molecule has 0 radical (unpaired) electrons. The van der Waals surface area contributed by atoms with Gasteiger partial charge in [-0.2, -0.15) is 5.10 Å². The molecule has 0 aliphatic carbocycles. The van der Waals surface area contributed by atoms with E-state index < -0.39 is 23.6 Å². The van der Waals surface area contributed by atoms with Crippen LogP contribution in [-0.2, 0) is 16.1 Å². The second-order valence-corrected chi connectivity index (χ2v) is 7.61. The number of hydrogen-bond acceptors (Lipinski definition) is 6. The number of fused-ring (bicyclic) bond motifs is 1. The first-order chi connectivity index (χ1) is 15.3. The Labute approximate surface area is 190 Å². The molecule has 1 aromatic carbocycles. The third kappa shape index (κ3) is 4.06. The minimum Gasteiger partial charge on any atom is -0.468 e. The zero-order valence-electron chi connectivity index (χ0n) is 16.8. The van der Waals surface area contributed by atoms with Gasteiger partial charge >= 0.3 is 11.7 Å². The van der Waals surface area contributed by atoms with Gasteiger partial charge in [-0.15, -0.1) is 4.73 Å². The standard InChI is InChI=1S/C20H16Cl2FN5O4/c1-10(17-13(21)3-4-14(23)18(17)22)32-28-15-5-11(6-24-19(15)26-20(28)30)12-7-25-27(8-12)9-16(29)31-2/h3-8,10H,9H2,1-2H3,(H,24,26,30). The fraction of sp³-hybridized carbons (Fsp3) is 0.200. The molecule has 1 N–H and O–H groups in total. The van der Waals surface area contributed by atoms with Crippen LogP contribution in [0.3, 0.4) is 0 Å². The third-order valence-corrected chi connectivity index (χ3v) is 5.44. The number of ether oxygens (including phenoxy) is 1. The smallest absolute Gasteiger partial charge is 0.360 e. The quantitative estimate of drug-likeness (QED) is 0.335. The summed E-state index contributed by atoms with van der Waals surface area (Å²) in [5.74, 6) is -1.09. The zero-order chi connectivity index (χ0) is 23.0. The Morgan fingerprint density at radius 1 is 1.28 bits per heavy atom. The number of nitrogens with one attached hydrogen (secondary N) is 1.